The summed E-state index contributed by atoms with van der Waals surface area (Å²) < 4.78 is 15.9. The lowest BCUT2D eigenvalue weighted by Gasteiger charge is -2.31. The second-order valence-electron chi connectivity index (χ2n) is 8.79. The number of ether oxygens (including phenoxy) is 3. The molecule has 1 fully saturated rings. The van der Waals surface area contributed by atoms with Gasteiger partial charge in [0.2, 0.25) is 0 Å². The number of carbonyl (C=O) groups excluding carboxylic acids is 1. The molecular weight excluding hydrogens is 416 g/mol. The molecule has 1 rings (SSSR count). The van der Waals surface area contributed by atoms with Gasteiger partial charge in [-0.2, -0.15) is 0 Å². The molecule has 0 aromatic rings. The lowest BCUT2D eigenvalue weighted by atomic mass is 10.0. The number of rotatable bonds is 20. The first-order valence-electron chi connectivity index (χ1n) is 12.6. The maximum Gasteiger partial charge on any atom is 0.306 e. The van der Waals surface area contributed by atoms with Crippen molar-refractivity contribution >= 4 is 5.97 Å². The third-order valence-electron chi connectivity index (χ3n) is 5.94. The zero-order valence-electron chi connectivity index (χ0n) is 19.8. The van der Waals surface area contributed by atoms with E-state index in [9.17, 15) is 20.1 Å². The summed E-state index contributed by atoms with van der Waals surface area (Å²) in [5, 5.41) is 38.8. The van der Waals surface area contributed by atoms with Crippen LogP contribution < -0.4 is 0 Å². The van der Waals surface area contributed by atoms with Gasteiger partial charge in [0.25, 0.3) is 0 Å². The van der Waals surface area contributed by atoms with Gasteiger partial charge in [-0.15, -0.1) is 0 Å². The van der Waals surface area contributed by atoms with Gasteiger partial charge in [0.1, 0.15) is 18.3 Å². The highest BCUT2D eigenvalue weighted by Crippen LogP contribution is 2.20. The third kappa shape index (κ3) is 12.5. The largest absolute Gasteiger partial charge is 0.454 e. The van der Waals surface area contributed by atoms with Gasteiger partial charge in [-0.05, 0) is 6.42 Å². The standard InChI is InChI=1S/C24H46O8/c1-2-3-4-5-6-7-8-9-10-11-12-13-14-15-20(27)32-23(24-30-16-17-31-24)22(29)21(28)19(26)18-25/h19,21-26,28-29H,2-18H2,1H3/t19-,21-,22+,23+/m1/s1. The van der Waals surface area contributed by atoms with Crippen LogP contribution in [0.25, 0.3) is 0 Å². The molecule has 1 aliphatic heterocycles. The minimum atomic E-state index is -1.69. The zero-order valence-corrected chi connectivity index (χ0v) is 19.8. The van der Waals surface area contributed by atoms with Crippen LogP contribution in [0.15, 0.2) is 0 Å². The Morgan fingerprint density at radius 3 is 1.75 bits per heavy atom. The summed E-state index contributed by atoms with van der Waals surface area (Å²) in [7, 11) is 0. The Balaban J connectivity index is 2.16. The van der Waals surface area contributed by atoms with E-state index in [-0.39, 0.29) is 19.6 Å². The van der Waals surface area contributed by atoms with E-state index in [4.69, 9.17) is 19.3 Å². The molecule has 4 atom stereocenters. The van der Waals surface area contributed by atoms with Crippen LogP contribution in [0.4, 0.5) is 0 Å². The molecule has 0 aliphatic carbocycles. The van der Waals surface area contributed by atoms with Crippen molar-refractivity contribution in [1.29, 1.82) is 0 Å². The van der Waals surface area contributed by atoms with Crippen LogP contribution >= 0.6 is 0 Å². The number of aliphatic hydroxyl groups excluding tert-OH is 4. The Morgan fingerprint density at radius 2 is 1.28 bits per heavy atom. The molecule has 0 amide bonds. The van der Waals surface area contributed by atoms with E-state index < -0.39 is 43.3 Å². The molecule has 0 aromatic carbocycles. The van der Waals surface area contributed by atoms with E-state index in [2.05, 4.69) is 6.92 Å². The smallest absolute Gasteiger partial charge is 0.306 e. The van der Waals surface area contributed by atoms with Crippen molar-refractivity contribution in [1.82, 2.24) is 0 Å². The van der Waals surface area contributed by atoms with Gasteiger partial charge < -0.3 is 34.6 Å². The fourth-order valence-electron chi connectivity index (χ4n) is 3.88. The maximum atomic E-state index is 12.2. The fourth-order valence-corrected chi connectivity index (χ4v) is 3.88. The number of hydrogen-bond acceptors (Lipinski definition) is 8. The average molecular weight is 463 g/mol. The predicted molar refractivity (Wildman–Crippen MR) is 121 cm³/mol. The summed E-state index contributed by atoms with van der Waals surface area (Å²) in [5.74, 6) is -0.512. The molecule has 0 radical (unpaired) electrons. The van der Waals surface area contributed by atoms with Gasteiger partial charge in [-0.25, -0.2) is 0 Å². The molecule has 8 nitrogen and oxygen atoms in total. The minimum Gasteiger partial charge on any atom is -0.454 e. The molecule has 1 aliphatic rings. The molecule has 32 heavy (non-hydrogen) atoms. The van der Waals surface area contributed by atoms with Gasteiger partial charge in [0, 0.05) is 6.42 Å². The number of unbranched alkanes of at least 4 members (excludes halogenated alkanes) is 12. The molecule has 1 heterocycles. The first-order valence-corrected chi connectivity index (χ1v) is 12.6. The van der Waals surface area contributed by atoms with Gasteiger partial charge in [-0.3, -0.25) is 4.79 Å². The van der Waals surface area contributed by atoms with Crippen LogP contribution in [-0.2, 0) is 19.0 Å². The second kappa shape index (κ2) is 18.6. The third-order valence-corrected chi connectivity index (χ3v) is 5.94. The number of hydrogen-bond donors (Lipinski definition) is 4. The molecule has 4 N–H and O–H groups in total. The normalized spacial score (nSPS) is 18.4. The molecule has 8 heteroatoms. The number of esters is 1. The van der Waals surface area contributed by atoms with E-state index in [0.717, 1.165) is 12.8 Å². The van der Waals surface area contributed by atoms with Crippen LogP contribution in [0, 0.1) is 0 Å². The topological polar surface area (TPSA) is 126 Å². The summed E-state index contributed by atoms with van der Waals surface area (Å²) in [5.41, 5.74) is 0. The Hall–Kier alpha value is -0.770. The van der Waals surface area contributed by atoms with E-state index in [1.807, 2.05) is 0 Å². The molecule has 0 saturated carbocycles. The van der Waals surface area contributed by atoms with Gasteiger partial charge in [0.15, 0.2) is 12.4 Å². The van der Waals surface area contributed by atoms with Crippen molar-refractivity contribution in [2.75, 3.05) is 19.8 Å². The highest BCUT2D eigenvalue weighted by atomic mass is 16.7. The van der Waals surface area contributed by atoms with E-state index in [0.29, 0.717) is 6.42 Å². The zero-order chi connectivity index (χ0) is 23.6. The molecule has 0 bridgehead atoms. The van der Waals surface area contributed by atoms with Gasteiger partial charge >= 0.3 is 5.97 Å². The van der Waals surface area contributed by atoms with Crippen molar-refractivity contribution in [3.63, 3.8) is 0 Å². The van der Waals surface area contributed by atoms with E-state index in [1.54, 1.807) is 0 Å². The van der Waals surface area contributed by atoms with Crippen LogP contribution in [-0.4, -0.2) is 76.9 Å². The predicted octanol–water partition coefficient (Wildman–Crippen LogP) is 2.83. The first-order chi connectivity index (χ1) is 15.5. The molecule has 1 saturated heterocycles. The van der Waals surface area contributed by atoms with Crippen molar-refractivity contribution in [2.24, 2.45) is 0 Å². The van der Waals surface area contributed by atoms with Crippen LogP contribution in [0.2, 0.25) is 0 Å². The summed E-state index contributed by atoms with van der Waals surface area (Å²) >= 11 is 0. The second-order valence-corrected chi connectivity index (χ2v) is 8.79. The number of carbonyl (C=O) groups is 1. The maximum absolute atomic E-state index is 12.2. The van der Waals surface area contributed by atoms with Crippen molar-refractivity contribution in [2.45, 2.75) is 128 Å². The summed E-state index contributed by atoms with van der Waals surface area (Å²) in [6.45, 7) is 2.07. The van der Waals surface area contributed by atoms with Crippen molar-refractivity contribution in [3.05, 3.63) is 0 Å². The lowest BCUT2D eigenvalue weighted by molar-refractivity contribution is -0.210. The molecule has 0 spiro atoms. The Morgan fingerprint density at radius 1 is 0.812 bits per heavy atom. The first kappa shape index (κ1) is 29.3. The van der Waals surface area contributed by atoms with Crippen LogP contribution in [0.3, 0.4) is 0 Å². The van der Waals surface area contributed by atoms with Crippen LogP contribution in [0.5, 0.6) is 0 Å². The highest BCUT2D eigenvalue weighted by Gasteiger charge is 2.41. The molecular formula is C24H46O8. The van der Waals surface area contributed by atoms with Gasteiger partial charge in [-0.1, -0.05) is 84.0 Å². The van der Waals surface area contributed by atoms with E-state index in [1.165, 1.54) is 64.2 Å². The molecule has 0 aromatic heterocycles. The van der Waals surface area contributed by atoms with Gasteiger partial charge in [0.05, 0.1) is 19.8 Å². The highest BCUT2D eigenvalue weighted by molar-refractivity contribution is 5.69. The SMILES string of the molecule is CCCCCCCCCCCCCCCC(=O)O[C@H](C1OCCO1)[C@@H](O)[C@H](O)[C@H](O)CO. The lowest BCUT2D eigenvalue weighted by Crippen LogP contribution is -2.52. The number of aliphatic hydroxyl groups is 4. The molecule has 0 unspecified atom stereocenters. The Kier molecular flexibility index (Phi) is 17.0. The van der Waals surface area contributed by atoms with E-state index >= 15 is 0 Å². The van der Waals surface area contributed by atoms with Crippen molar-refractivity contribution < 1.29 is 39.4 Å². The average Bonchev–Trinajstić information content (AvgIpc) is 3.33. The Bertz CT molecular complexity index is 455. The monoisotopic (exact) mass is 462 g/mol. The van der Waals surface area contributed by atoms with Crippen LogP contribution in [0.1, 0.15) is 96.8 Å². The Labute approximate surface area is 193 Å². The minimum absolute atomic E-state index is 0.201. The summed E-state index contributed by atoms with van der Waals surface area (Å²) in [6.07, 6.45) is 8.76. The quantitative estimate of drug-likeness (QED) is 0.161. The summed E-state index contributed by atoms with van der Waals surface area (Å²) in [4.78, 5) is 12.2. The van der Waals surface area contributed by atoms with Crippen molar-refractivity contribution in [3.8, 4) is 0 Å². The molecule has 190 valence electrons. The fraction of sp³-hybridized carbons (Fsp3) is 0.958. The summed E-state index contributed by atoms with van der Waals surface area (Å²) in [6, 6.07) is 0.